The second-order valence-corrected chi connectivity index (χ2v) is 6.79. The second kappa shape index (κ2) is 7.51. The lowest BCUT2D eigenvalue weighted by Crippen LogP contribution is -2.37. The van der Waals surface area contributed by atoms with Gasteiger partial charge in [0.05, 0.1) is 48.5 Å². The summed E-state index contributed by atoms with van der Waals surface area (Å²) in [5.74, 6) is 0.0668. The highest BCUT2D eigenvalue weighted by molar-refractivity contribution is 5.96. The molecule has 0 radical (unpaired) electrons. The Bertz CT molecular complexity index is 1090. The summed E-state index contributed by atoms with van der Waals surface area (Å²) < 4.78 is 19.2. The third-order valence-electron chi connectivity index (χ3n) is 4.73. The van der Waals surface area contributed by atoms with E-state index in [0.29, 0.717) is 46.2 Å². The SMILES string of the molecule is COc1cncc(-c2cc(F)ccc2C2Cc3nc(C(C)N)ncc3C(=O)N2)n1. The van der Waals surface area contributed by atoms with Gasteiger partial charge in [-0.25, -0.2) is 19.3 Å². The number of hydrogen-bond donors (Lipinski definition) is 2. The third kappa shape index (κ3) is 3.64. The Hall–Kier alpha value is -3.46. The molecule has 1 aromatic carbocycles. The zero-order valence-electron chi connectivity index (χ0n) is 15.9. The molecule has 9 heteroatoms. The fourth-order valence-corrected chi connectivity index (χ4v) is 3.30. The van der Waals surface area contributed by atoms with Crippen LogP contribution in [0.1, 0.15) is 46.4 Å². The first-order chi connectivity index (χ1) is 14.0. The van der Waals surface area contributed by atoms with Crippen LogP contribution >= 0.6 is 0 Å². The van der Waals surface area contributed by atoms with Crippen molar-refractivity contribution in [1.29, 1.82) is 0 Å². The van der Waals surface area contributed by atoms with E-state index in [-0.39, 0.29) is 11.9 Å². The highest BCUT2D eigenvalue weighted by atomic mass is 19.1. The summed E-state index contributed by atoms with van der Waals surface area (Å²) in [6, 6.07) is 3.58. The number of nitrogens with zero attached hydrogens (tertiary/aromatic N) is 4. The van der Waals surface area contributed by atoms with Crippen molar-refractivity contribution < 1.29 is 13.9 Å². The Morgan fingerprint density at radius 1 is 1.24 bits per heavy atom. The summed E-state index contributed by atoms with van der Waals surface area (Å²) in [5.41, 5.74) is 8.56. The smallest absolute Gasteiger partial charge is 0.255 e. The van der Waals surface area contributed by atoms with Gasteiger partial charge in [0.25, 0.3) is 5.91 Å². The van der Waals surface area contributed by atoms with Crippen LogP contribution in [-0.2, 0) is 6.42 Å². The van der Waals surface area contributed by atoms with Crippen molar-refractivity contribution in [3.63, 3.8) is 0 Å². The molecule has 8 nitrogen and oxygen atoms in total. The van der Waals surface area contributed by atoms with Gasteiger partial charge in [-0.1, -0.05) is 6.07 Å². The monoisotopic (exact) mass is 394 g/mol. The minimum Gasteiger partial charge on any atom is -0.480 e. The molecule has 1 amide bonds. The number of methoxy groups -OCH3 is 1. The molecule has 2 aromatic heterocycles. The molecule has 4 rings (SSSR count). The Kier molecular flexibility index (Phi) is 4.89. The van der Waals surface area contributed by atoms with Gasteiger partial charge in [0, 0.05) is 18.2 Å². The van der Waals surface area contributed by atoms with Crippen LogP contribution in [0.2, 0.25) is 0 Å². The summed E-state index contributed by atoms with van der Waals surface area (Å²) in [4.78, 5) is 29.7. The van der Waals surface area contributed by atoms with E-state index in [0.717, 1.165) is 0 Å². The average molecular weight is 394 g/mol. The van der Waals surface area contributed by atoms with Crippen molar-refractivity contribution in [2.24, 2.45) is 5.73 Å². The summed E-state index contributed by atoms with van der Waals surface area (Å²) in [5, 5.41) is 2.94. The van der Waals surface area contributed by atoms with Crippen LogP contribution in [0.4, 0.5) is 4.39 Å². The van der Waals surface area contributed by atoms with Gasteiger partial charge in [-0.15, -0.1) is 0 Å². The molecule has 148 valence electrons. The highest BCUT2D eigenvalue weighted by Crippen LogP contribution is 2.33. The maximum atomic E-state index is 14.0. The molecule has 0 bridgehead atoms. The maximum absolute atomic E-state index is 14.0. The molecule has 2 atom stereocenters. The zero-order valence-corrected chi connectivity index (χ0v) is 15.9. The number of carbonyl (C=O) groups is 1. The van der Waals surface area contributed by atoms with Gasteiger partial charge in [0.1, 0.15) is 11.6 Å². The first-order valence-electron chi connectivity index (χ1n) is 9.04. The number of ether oxygens (including phenoxy) is 1. The van der Waals surface area contributed by atoms with Crippen LogP contribution in [0.25, 0.3) is 11.3 Å². The molecule has 1 aliphatic rings. The van der Waals surface area contributed by atoms with Gasteiger partial charge in [0.15, 0.2) is 0 Å². The van der Waals surface area contributed by atoms with Crippen molar-refractivity contribution in [3.8, 4) is 17.1 Å². The number of fused-ring (bicyclic) bond motifs is 1. The van der Waals surface area contributed by atoms with Crippen LogP contribution in [0, 0.1) is 5.82 Å². The normalized spacial score (nSPS) is 16.7. The number of benzene rings is 1. The Morgan fingerprint density at radius 2 is 2.07 bits per heavy atom. The summed E-state index contributed by atoms with van der Waals surface area (Å²) in [6.45, 7) is 1.78. The average Bonchev–Trinajstić information content (AvgIpc) is 2.73. The molecule has 1 aliphatic heterocycles. The van der Waals surface area contributed by atoms with Crippen molar-refractivity contribution in [3.05, 3.63) is 65.3 Å². The summed E-state index contributed by atoms with van der Waals surface area (Å²) in [6.07, 6.45) is 4.90. The first kappa shape index (κ1) is 18.9. The predicted octanol–water partition coefficient (Wildman–Crippen LogP) is 2.13. The lowest BCUT2D eigenvalue weighted by Gasteiger charge is -2.27. The molecule has 3 aromatic rings. The van der Waals surface area contributed by atoms with E-state index in [2.05, 4.69) is 25.3 Å². The zero-order chi connectivity index (χ0) is 20.5. The fourth-order valence-electron chi connectivity index (χ4n) is 3.30. The minimum atomic E-state index is -0.422. The Balaban J connectivity index is 1.78. The van der Waals surface area contributed by atoms with Gasteiger partial charge >= 0.3 is 0 Å². The molecule has 0 spiro atoms. The van der Waals surface area contributed by atoms with Gasteiger partial charge in [0.2, 0.25) is 5.88 Å². The largest absolute Gasteiger partial charge is 0.480 e. The number of hydrogen-bond acceptors (Lipinski definition) is 7. The van der Waals surface area contributed by atoms with E-state index in [1.165, 1.54) is 37.8 Å². The van der Waals surface area contributed by atoms with E-state index in [4.69, 9.17) is 10.5 Å². The van der Waals surface area contributed by atoms with Gasteiger partial charge in [-0.05, 0) is 24.6 Å². The van der Waals surface area contributed by atoms with E-state index in [9.17, 15) is 9.18 Å². The van der Waals surface area contributed by atoms with E-state index in [1.807, 2.05) is 0 Å². The van der Waals surface area contributed by atoms with Crippen molar-refractivity contribution in [2.45, 2.75) is 25.4 Å². The maximum Gasteiger partial charge on any atom is 0.255 e. The molecule has 0 saturated carbocycles. The molecular weight excluding hydrogens is 375 g/mol. The number of aromatic nitrogens is 4. The molecule has 3 heterocycles. The predicted molar refractivity (Wildman–Crippen MR) is 103 cm³/mol. The Labute approximate surface area is 166 Å². The van der Waals surface area contributed by atoms with Crippen LogP contribution in [0.5, 0.6) is 5.88 Å². The first-order valence-corrected chi connectivity index (χ1v) is 9.04. The van der Waals surface area contributed by atoms with Gasteiger partial charge in [-0.2, -0.15) is 0 Å². The van der Waals surface area contributed by atoms with Crippen molar-refractivity contribution in [1.82, 2.24) is 25.3 Å². The molecular formula is C20H19FN6O2. The van der Waals surface area contributed by atoms with Gasteiger partial charge in [-0.3, -0.25) is 9.78 Å². The number of nitrogens with two attached hydrogens (primary N) is 1. The molecule has 0 aliphatic carbocycles. The number of rotatable bonds is 4. The van der Waals surface area contributed by atoms with Crippen LogP contribution < -0.4 is 15.8 Å². The molecule has 3 N–H and O–H groups in total. The third-order valence-corrected chi connectivity index (χ3v) is 4.73. The van der Waals surface area contributed by atoms with E-state index < -0.39 is 11.9 Å². The fraction of sp³-hybridized carbons (Fsp3) is 0.250. The lowest BCUT2D eigenvalue weighted by molar-refractivity contribution is 0.0923. The number of nitrogens with one attached hydrogen (secondary N) is 1. The molecule has 29 heavy (non-hydrogen) atoms. The minimum absolute atomic E-state index is 0.292. The highest BCUT2D eigenvalue weighted by Gasteiger charge is 2.29. The summed E-state index contributed by atoms with van der Waals surface area (Å²) >= 11 is 0. The Morgan fingerprint density at radius 3 is 2.83 bits per heavy atom. The van der Waals surface area contributed by atoms with Crippen molar-refractivity contribution >= 4 is 5.91 Å². The van der Waals surface area contributed by atoms with Crippen LogP contribution in [0.3, 0.4) is 0 Å². The van der Waals surface area contributed by atoms with Crippen LogP contribution in [0.15, 0.2) is 36.8 Å². The van der Waals surface area contributed by atoms with Crippen LogP contribution in [-0.4, -0.2) is 33.0 Å². The number of carbonyl (C=O) groups excluding carboxylic acids is 1. The number of halogens is 1. The van der Waals surface area contributed by atoms with Crippen molar-refractivity contribution in [2.75, 3.05) is 7.11 Å². The molecule has 0 saturated heterocycles. The quantitative estimate of drug-likeness (QED) is 0.696. The standard InChI is InChI=1S/C20H19FN6O2/c1-10(22)19-24-7-14-16(26-19)6-15(27-20(14)28)12-4-3-11(21)5-13(12)17-8-23-9-18(25-17)29-2/h3-5,7-10,15H,6,22H2,1-2H3,(H,27,28). The van der Waals surface area contributed by atoms with E-state index in [1.54, 1.807) is 13.0 Å². The van der Waals surface area contributed by atoms with E-state index >= 15 is 0 Å². The topological polar surface area (TPSA) is 116 Å². The molecule has 0 fully saturated rings. The number of amides is 1. The van der Waals surface area contributed by atoms with Gasteiger partial charge < -0.3 is 15.8 Å². The lowest BCUT2D eigenvalue weighted by atomic mass is 9.91. The molecule has 2 unspecified atom stereocenters. The summed E-state index contributed by atoms with van der Waals surface area (Å²) in [7, 11) is 1.48. The second-order valence-electron chi connectivity index (χ2n) is 6.79.